The van der Waals surface area contributed by atoms with Gasteiger partial charge in [-0.15, -0.1) is 11.3 Å². The second-order valence-electron chi connectivity index (χ2n) is 6.64. The van der Waals surface area contributed by atoms with Crippen molar-refractivity contribution in [1.29, 1.82) is 0 Å². The zero-order valence-corrected chi connectivity index (χ0v) is 18.6. The number of nitrogens with two attached hydrogens (primary N) is 1. The number of carbonyl (C=O) groups excluding carboxylic acids is 2. The minimum atomic E-state index is -4.10. The van der Waals surface area contributed by atoms with E-state index in [9.17, 15) is 18.0 Å². The maximum Gasteiger partial charge on any atom is 0.338 e. The Labute approximate surface area is 183 Å². The second kappa shape index (κ2) is 8.73. The van der Waals surface area contributed by atoms with Crippen LogP contribution in [-0.4, -0.2) is 31.3 Å². The van der Waals surface area contributed by atoms with Gasteiger partial charge in [-0.1, -0.05) is 17.7 Å². The van der Waals surface area contributed by atoms with E-state index in [2.05, 4.69) is 0 Å². The number of ether oxygens (including phenoxy) is 1. The lowest BCUT2D eigenvalue weighted by molar-refractivity contribution is 0.0474. The van der Waals surface area contributed by atoms with Gasteiger partial charge >= 0.3 is 5.97 Å². The Hall–Kier alpha value is -2.46. The molecule has 2 aromatic heterocycles. The lowest BCUT2D eigenvalue weighted by Crippen LogP contribution is -2.17. The van der Waals surface area contributed by atoms with Crippen LogP contribution in [0, 0.1) is 13.8 Å². The highest BCUT2D eigenvalue weighted by Gasteiger charge is 2.20. The fraction of sp³-hybridized carbons (Fsp3) is 0.200. The first-order valence-electron chi connectivity index (χ1n) is 8.79. The predicted molar refractivity (Wildman–Crippen MR) is 115 cm³/mol. The first kappa shape index (κ1) is 22.2. The number of halogens is 1. The molecule has 3 rings (SSSR count). The summed E-state index contributed by atoms with van der Waals surface area (Å²) in [6.45, 7) is 3.93. The highest BCUT2D eigenvalue weighted by molar-refractivity contribution is 7.89. The highest BCUT2D eigenvalue weighted by Crippen LogP contribution is 2.23. The van der Waals surface area contributed by atoms with Crippen molar-refractivity contribution in [3.05, 3.63) is 74.2 Å². The maximum atomic E-state index is 12.6. The Kier molecular flexibility index (Phi) is 6.47. The average Bonchev–Trinajstić information content (AvgIpc) is 3.29. The summed E-state index contributed by atoms with van der Waals surface area (Å²) in [6.07, 6.45) is 0. The fourth-order valence-corrected chi connectivity index (χ4v) is 4.79. The van der Waals surface area contributed by atoms with Crippen LogP contribution in [0.5, 0.6) is 0 Å². The van der Waals surface area contributed by atoms with Gasteiger partial charge in [0.05, 0.1) is 17.1 Å². The van der Waals surface area contributed by atoms with Crippen LogP contribution < -0.4 is 5.14 Å². The number of carbonyl (C=O) groups is 2. The number of aryl methyl sites for hydroxylation is 1. The summed E-state index contributed by atoms with van der Waals surface area (Å²) < 4.78 is 30.2. The zero-order chi connectivity index (χ0) is 22.1. The van der Waals surface area contributed by atoms with E-state index in [4.69, 9.17) is 21.5 Å². The summed E-state index contributed by atoms with van der Waals surface area (Å²) in [5, 5.41) is 6.97. The lowest BCUT2D eigenvalue weighted by Gasteiger charge is -2.09. The molecule has 0 radical (unpaired) electrons. The number of esters is 1. The Morgan fingerprint density at radius 2 is 1.93 bits per heavy atom. The predicted octanol–water partition coefficient (Wildman–Crippen LogP) is 3.56. The molecule has 0 aliphatic carbocycles. The Bertz CT molecular complexity index is 1210. The number of sulfonamides is 1. The van der Waals surface area contributed by atoms with Gasteiger partial charge in [0, 0.05) is 21.8 Å². The van der Waals surface area contributed by atoms with Crippen LogP contribution >= 0.6 is 22.9 Å². The molecule has 2 N–H and O–H groups in total. The molecule has 0 fully saturated rings. The first-order valence-corrected chi connectivity index (χ1v) is 11.6. The van der Waals surface area contributed by atoms with Crippen molar-refractivity contribution in [3.8, 4) is 0 Å². The van der Waals surface area contributed by atoms with E-state index in [0.29, 0.717) is 12.1 Å². The van der Waals surface area contributed by atoms with Crippen LogP contribution in [0.2, 0.25) is 5.02 Å². The molecular weight excluding hydrogens is 448 g/mol. The molecule has 3 aromatic rings. The highest BCUT2D eigenvalue weighted by atomic mass is 35.5. The van der Waals surface area contributed by atoms with Crippen molar-refractivity contribution >= 4 is 44.7 Å². The van der Waals surface area contributed by atoms with E-state index < -0.39 is 22.6 Å². The average molecular weight is 467 g/mol. The molecule has 0 amide bonds. The molecule has 0 aliphatic rings. The normalized spacial score (nSPS) is 11.5. The number of primary sulfonamides is 1. The molecule has 30 heavy (non-hydrogen) atoms. The van der Waals surface area contributed by atoms with Crippen molar-refractivity contribution in [3.63, 3.8) is 0 Å². The molecular formula is C20H19ClN2O5S2. The van der Waals surface area contributed by atoms with Gasteiger partial charge in [-0.05, 0) is 49.6 Å². The number of ketones is 1. The van der Waals surface area contributed by atoms with Crippen LogP contribution in [0.4, 0.5) is 0 Å². The largest absolute Gasteiger partial charge is 0.454 e. The summed E-state index contributed by atoms with van der Waals surface area (Å²) in [5.74, 6) is -1.20. The van der Waals surface area contributed by atoms with E-state index in [1.54, 1.807) is 17.4 Å². The molecule has 7 nitrogen and oxygen atoms in total. The Morgan fingerprint density at radius 3 is 2.57 bits per heavy atom. The summed E-state index contributed by atoms with van der Waals surface area (Å²) in [5.41, 5.74) is 2.11. The molecule has 0 unspecified atom stereocenters. The van der Waals surface area contributed by atoms with Crippen molar-refractivity contribution in [2.24, 2.45) is 5.14 Å². The van der Waals surface area contributed by atoms with Gasteiger partial charge in [0.25, 0.3) is 0 Å². The lowest BCUT2D eigenvalue weighted by atomic mass is 10.1. The third kappa shape index (κ3) is 4.81. The van der Waals surface area contributed by atoms with Crippen molar-refractivity contribution in [2.45, 2.75) is 25.3 Å². The van der Waals surface area contributed by atoms with Crippen LogP contribution in [-0.2, 0) is 21.3 Å². The van der Waals surface area contributed by atoms with Gasteiger partial charge in [0.2, 0.25) is 15.8 Å². The number of hydrogen-bond acceptors (Lipinski definition) is 6. The van der Waals surface area contributed by atoms with Gasteiger partial charge in [0.15, 0.2) is 6.61 Å². The van der Waals surface area contributed by atoms with Crippen LogP contribution in [0.3, 0.4) is 0 Å². The van der Waals surface area contributed by atoms with Crippen LogP contribution in [0.1, 0.15) is 37.0 Å². The number of hydrogen-bond donors (Lipinski definition) is 1. The maximum absolute atomic E-state index is 12.6. The Balaban J connectivity index is 1.72. The minimum Gasteiger partial charge on any atom is -0.454 e. The van der Waals surface area contributed by atoms with E-state index in [0.717, 1.165) is 22.3 Å². The van der Waals surface area contributed by atoms with Crippen molar-refractivity contribution < 1.29 is 22.7 Å². The number of Topliss-reactive ketones (excluding diaryl/α,β-unsaturated/α-hetero) is 1. The summed E-state index contributed by atoms with van der Waals surface area (Å²) >= 11 is 7.44. The van der Waals surface area contributed by atoms with Crippen LogP contribution in [0.15, 0.2) is 46.7 Å². The molecule has 0 atom stereocenters. The summed E-state index contributed by atoms with van der Waals surface area (Å²) in [7, 11) is -4.10. The molecule has 2 heterocycles. The third-order valence-corrected chi connectivity index (χ3v) is 6.83. The van der Waals surface area contributed by atoms with Crippen molar-refractivity contribution in [1.82, 2.24) is 4.57 Å². The van der Waals surface area contributed by atoms with Crippen molar-refractivity contribution in [2.75, 3.05) is 6.61 Å². The summed E-state index contributed by atoms with van der Waals surface area (Å²) in [4.78, 5) is 25.7. The number of rotatable bonds is 7. The first-order chi connectivity index (χ1) is 14.1. The molecule has 0 saturated carbocycles. The van der Waals surface area contributed by atoms with Crippen LogP contribution in [0.25, 0.3) is 0 Å². The quantitative estimate of drug-likeness (QED) is 0.423. The fourth-order valence-electron chi connectivity index (χ4n) is 3.03. The molecule has 0 aliphatic heterocycles. The van der Waals surface area contributed by atoms with E-state index >= 15 is 0 Å². The molecule has 0 spiro atoms. The standard InChI is InChI=1S/C20H19ClN2O5S2/c1-12-8-16(13(2)23(12)10-15-4-3-7-29-15)18(24)11-28-20(25)14-5-6-17(21)19(9-14)30(22,26)27/h3-9H,10-11H2,1-2H3,(H2,22,26,27). The summed E-state index contributed by atoms with van der Waals surface area (Å²) in [6, 6.07) is 9.32. The van der Waals surface area contributed by atoms with Gasteiger partial charge in [-0.3, -0.25) is 4.79 Å². The van der Waals surface area contributed by atoms with Gasteiger partial charge in [-0.2, -0.15) is 0 Å². The SMILES string of the molecule is Cc1cc(C(=O)COC(=O)c2ccc(Cl)c(S(N)(=O)=O)c2)c(C)n1Cc1cccs1. The number of nitrogens with zero attached hydrogens (tertiary/aromatic N) is 1. The number of aromatic nitrogens is 1. The van der Waals surface area contributed by atoms with Gasteiger partial charge < -0.3 is 9.30 Å². The molecule has 158 valence electrons. The molecule has 0 bridgehead atoms. The molecule has 1 aromatic carbocycles. The minimum absolute atomic E-state index is 0.0700. The zero-order valence-electron chi connectivity index (χ0n) is 16.2. The second-order valence-corrected chi connectivity index (χ2v) is 9.61. The van der Waals surface area contributed by atoms with Gasteiger partial charge in [-0.25, -0.2) is 18.4 Å². The Morgan fingerprint density at radius 1 is 1.20 bits per heavy atom. The van der Waals surface area contributed by atoms with E-state index in [1.165, 1.54) is 12.1 Å². The van der Waals surface area contributed by atoms with E-state index in [1.807, 2.05) is 35.9 Å². The smallest absolute Gasteiger partial charge is 0.338 e. The van der Waals surface area contributed by atoms with Gasteiger partial charge in [0.1, 0.15) is 4.90 Å². The third-order valence-electron chi connectivity index (χ3n) is 4.58. The number of benzene rings is 1. The monoisotopic (exact) mass is 466 g/mol. The molecule has 0 saturated heterocycles. The topological polar surface area (TPSA) is 108 Å². The number of thiophene rings is 1. The van der Waals surface area contributed by atoms with E-state index in [-0.39, 0.29) is 21.3 Å². The molecule has 10 heteroatoms.